The Morgan fingerprint density at radius 2 is 2.04 bits per heavy atom. The van der Waals surface area contributed by atoms with E-state index < -0.39 is 0 Å². The summed E-state index contributed by atoms with van der Waals surface area (Å²) < 4.78 is 0. The van der Waals surface area contributed by atoms with Crippen LogP contribution < -0.4 is 16.5 Å². The summed E-state index contributed by atoms with van der Waals surface area (Å²) >= 11 is 0. The number of piperidine rings is 1. The summed E-state index contributed by atoms with van der Waals surface area (Å²) in [4.78, 5) is 30.9. The van der Waals surface area contributed by atoms with E-state index >= 15 is 0 Å². The fourth-order valence-electron chi connectivity index (χ4n) is 6.21. The molecule has 6 nitrogen and oxygen atoms in total. The highest BCUT2D eigenvalue weighted by Gasteiger charge is 2.62. The lowest BCUT2D eigenvalue weighted by Gasteiger charge is -2.57. The molecule has 1 amide bonds. The predicted molar refractivity (Wildman–Crippen MR) is 97.5 cm³/mol. The van der Waals surface area contributed by atoms with Crippen LogP contribution in [0.1, 0.15) is 52.4 Å². The highest BCUT2D eigenvalue weighted by Crippen LogP contribution is 2.61. The van der Waals surface area contributed by atoms with Gasteiger partial charge in [-0.2, -0.15) is 0 Å². The fraction of sp³-hybridized carbons (Fsp3) is 0.800. The standard InChI is InChI=1S/C20H31N3O3/c1-19-7-5-12(23-26-10-9-21)11-15(19)22-18(25)17-13-3-4-16(24)20(13,2)8-6-14(17)19/h11,13-15,17,23H,3-10,21H2,1-2H3,(H,22,25)/t13-,14+,15?,17-,19+,20-/m0/s1. The minimum Gasteiger partial charge on any atom is -0.349 e. The second-order valence-corrected chi connectivity index (χ2v) is 9.08. The number of ketones is 1. The minimum absolute atomic E-state index is 0.0159. The van der Waals surface area contributed by atoms with Crippen molar-refractivity contribution in [3.05, 3.63) is 11.8 Å². The van der Waals surface area contributed by atoms with Gasteiger partial charge in [-0.15, -0.1) is 0 Å². The number of allylic oxidation sites excluding steroid dienone is 1. The van der Waals surface area contributed by atoms with Gasteiger partial charge in [0.05, 0.1) is 12.6 Å². The molecule has 1 heterocycles. The third kappa shape index (κ3) is 2.53. The van der Waals surface area contributed by atoms with E-state index in [1.54, 1.807) is 0 Å². The molecule has 0 aromatic heterocycles. The lowest BCUT2D eigenvalue weighted by molar-refractivity contribution is -0.152. The maximum Gasteiger partial charge on any atom is 0.224 e. The average Bonchev–Trinajstić information content (AvgIpc) is 2.92. The normalized spacial score (nSPS) is 44.5. The van der Waals surface area contributed by atoms with E-state index in [1.807, 2.05) is 0 Å². The van der Waals surface area contributed by atoms with Crippen molar-refractivity contribution in [2.75, 3.05) is 13.2 Å². The topological polar surface area (TPSA) is 93.4 Å². The number of amides is 1. The van der Waals surface area contributed by atoms with E-state index in [1.165, 1.54) is 0 Å². The van der Waals surface area contributed by atoms with Crippen LogP contribution in [0, 0.1) is 28.6 Å². The van der Waals surface area contributed by atoms with Crippen LogP contribution in [-0.4, -0.2) is 30.9 Å². The van der Waals surface area contributed by atoms with E-state index in [2.05, 4.69) is 30.7 Å². The molecule has 0 aromatic rings. The first kappa shape index (κ1) is 18.0. The average molecular weight is 361 g/mol. The maximum absolute atomic E-state index is 13.1. The second-order valence-electron chi connectivity index (χ2n) is 9.08. The first-order chi connectivity index (χ1) is 12.4. The van der Waals surface area contributed by atoms with Crippen LogP contribution in [0.15, 0.2) is 11.8 Å². The molecular weight excluding hydrogens is 330 g/mol. The number of hydrogen-bond acceptors (Lipinski definition) is 5. The second kappa shape index (κ2) is 6.34. The van der Waals surface area contributed by atoms with Crippen molar-refractivity contribution in [3.8, 4) is 0 Å². The van der Waals surface area contributed by atoms with Gasteiger partial charge in [0, 0.05) is 30.0 Å². The Morgan fingerprint density at radius 3 is 2.81 bits per heavy atom. The molecule has 0 bridgehead atoms. The third-order valence-corrected chi connectivity index (χ3v) is 7.86. The Balaban J connectivity index is 1.58. The van der Waals surface area contributed by atoms with Gasteiger partial charge >= 0.3 is 0 Å². The molecule has 4 N–H and O–H groups in total. The summed E-state index contributed by atoms with van der Waals surface area (Å²) in [6, 6.07) is 0.0236. The Kier molecular flexibility index (Phi) is 4.39. The number of nitrogens with one attached hydrogen (secondary N) is 2. The summed E-state index contributed by atoms with van der Waals surface area (Å²) in [5.74, 6) is 1.06. The van der Waals surface area contributed by atoms with Crippen molar-refractivity contribution in [1.29, 1.82) is 0 Å². The van der Waals surface area contributed by atoms with Crippen LogP contribution in [0.4, 0.5) is 0 Å². The Labute approximate surface area is 155 Å². The number of hydroxylamine groups is 1. The first-order valence-electron chi connectivity index (χ1n) is 10.0. The van der Waals surface area contributed by atoms with E-state index in [-0.39, 0.29) is 34.6 Å². The zero-order valence-corrected chi connectivity index (χ0v) is 15.8. The van der Waals surface area contributed by atoms with E-state index in [0.29, 0.717) is 31.3 Å². The van der Waals surface area contributed by atoms with Gasteiger partial charge in [-0.25, -0.2) is 0 Å². The van der Waals surface area contributed by atoms with Gasteiger partial charge in [0.1, 0.15) is 5.78 Å². The first-order valence-corrected chi connectivity index (χ1v) is 10.0. The molecule has 2 saturated carbocycles. The SMILES string of the molecule is C[C@]12CCC(NOCCN)=CC1NC(=O)[C@@H]1[C@H]2CC[C@]2(C)C(=O)CC[C@@H]12. The monoisotopic (exact) mass is 361 g/mol. The zero-order valence-electron chi connectivity index (χ0n) is 15.8. The summed E-state index contributed by atoms with van der Waals surface area (Å²) in [5.41, 5.74) is 9.24. The van der Waals surface area contributed by atoms with Crippen molar-refractivity contribution in [3.63, 3.8) is 0 Å². The molecule has 4 aliphatic rings. The molecule has 1 unspecified atom stereocenters. The molecule has 6 atom stereocenters. The molecule has 0 spiro atoms. The van der Waals surface area contributed by atoms with Gasteiger partial charge in [-0.05, 0) is 55.4 Å². The summed E-state index contributed by atoms with van der Waals surface area (Å²) in [5, 5.41) is 3.28. The van der Waals surface area contributed by atoms with Gasteiger partial charge in [0.15, 0.2) is 0 Å². The third-order valence-electron chi connectivity index (χ3n) is 7.86. The number of rotatable bonds is 4. The highest BCUT2D eigenvalue weighted by molar-refractivity contribution is 5.90. The van der Waals surface area contributed by atoms with Gasteiger partial charge in [0.2, 0.25) is 5.91 Å². The Bertz CT molecular complexity index is 648. The molecule has 3 aliphatic carbocycles. The number of carbonyl (C=O) groups excluding carboxylic acids is 2. The molecule has 0 radical (unpaired) electrons. The summed E-state index contributed by atoms with van der Waals surface area (Å²) in [6.07, 6.45) is 7.48. The van der Waals surface area contributed by atoms with Crippen molar-refractivity contribution in [1.82, 2.24) is 10.8 Å². The largest absolute Gasteiger partial charge is 0.349 e. The van der Waals surface area contributed by atoms with E-state index in [0.717, 1.165) is 37.8 Å². The van der Waals surface area contributed by atoms with Crippen LogP contribution in [0.5, 0.6) is 0 Å². The van der Waals surface area contributed by atoms with Crippen molar-refractivity contribution >= 4 is 11.7 Å². The molecular formula is C20H31N3O3. The van der Waals surface area contributed by atoms with Crippen LogP contribution in [-0.2, 0) is 14.4 Å². The molecule has 1 saturated heterocycles. The number of carbonyl (C=O) groups is 2. The predicted octanol–water partition coefficient (Wildman–Crippen LogP) is 1.66. The number of nitrogens with two attached hydrogens (primary N) is 1. The van der Waals surface area contributed by atoms with Gasteiger partial charge in [-0.3, -0.25) is 19.9 Å². The fourth-order valence-corrected chi connectivity index (χ4v) is 6.21. The quantitative estimate of drug-likeness (QED) is 0.523. The Morgan fingerprint density at radius 1 is 1.23 bits per heavy atom. The van der Waals surface area contributed by atoms with E-state index in [9.17, 15) is 9.59 Å². The maximum atomic E-state index is 13.1. The van der Waals surface area contributed by atoms with Crippen molar-refractivity contribution in [2.45, 2.75) is 58.4 Å². The highest BCUT2D eigenvalue weighted by atomic mass is 16.6. The minimum atomic E-state index is -0.283. The summed E-state index contributed by atoms with van der Waals surface area (Å²) in [6.45, 7) is 5.36. The lowest BCUT2D eigenvalue weighted by Crippen LogP contribution is -2.64. The Hall–Kier alpha value is -1.40. The molecule has 4 rings (SSSR count). The zero-order chi connectivity index (χ0) is 18.5. The number of hydrogen-bond donors (Lipinski definition) is 3. The lowest BCUT2D eigenvalue weighted by atomic mass is 9.49. The van der Waals surface area contributed by atoms with Crippen LogP contribution >= 0.6 is 0 Å². The van der Waals surface area contributed by atoms with Crippen molar-refractivity contribution < 1.29 is 14.4 Å². The number of fused-ring (bicyclic) bond motifs is 5. The van der Waals surface area contributed by atoms with Crippen LogP contribution in [0.25, 0.3) is 0 Å². The van der Waals surface area contributed by atoms with Crippen LogP contribution in [0.2, 0.25) is 0 Å². The molecule has 6 heteroatoms. The molecule has 26 heavy (non-hydrogen) atoms. The van der Waals surface area contributed by atoms with Gasteiger partial charge in [-0.1, -0.05) is 13.8 Å². The summed E-state index contributed by atoms with van der Waals surface area (Å²) in [7, 11) is 0. The van der Waals surface area contributed by atoms with Crippen molar-refractivity contribution in [2.24, 2.45) is 34.3 Å². The molecule has 3 fully saturated rings. The molecule has 0 aromatic carbocycles. The smallest absolute Gasteiger partial charge is 0.224 e. The number of Topliss-reactive ketones (excluding diaryl/α,β-unsaturated/α-hetero) is 1. The van der Waals surface area contributed by atoms with Gasteiger partial charge in [0.25, 0.3) is 0 Å². The molecule has 1 aliphatic heterocycles. The van der Waals surface area contributed by atoms with Gasteiger partial charge < -0.3 is 11.1 Å². The van der Waals surface area contributed by atoms with E-state index in [4.69, 9.17) is 10.6 Å². The van der Waals surface area contributed by atoms with Crippen LogP contribution in [0.3, 0.4) is 0 Å². The molecule has 144 valence electrons.